The van der Waals surface area contributed by atoms with Gasteiger partial charge in [-0.1, -0.05) is 19.3 Å². The van der Waals surface area contributed by atoms with Crippen LogP contribution in [-0.4, -0.2) is 39.1 Å². The fraction of sp³-hybridized carbons (Fsp3) is 0.923. The summed E-state index contributed by atoms with van der Waals surface area (Å²) in [5, 5.41) is 4.19. The van der Waals surface area contributed by atoms with Gasteiger partial charge in [0.15, 0.2) is 0 Å². The van der Waals surface area contributed by atoms with Gasteiger partial charge in [0.25, 0.3) is 0 Å². The molecule has 0 radical (unpaired) electrons. The average Bonchev–Trinajstić information content (AvgIpc) is 2.16. The maximum atomic E-state index is 4.19. The van der Waals surface area contributed by atoms with Gasteiger partial charge in [-0.3, -0.25) is 0 Å². The molecule has 0 unspecified atom stereocenters. The second kappa shape index (κ2) is 10.7. The van der Waals surface area contributed by atoms with E-state index in [1.54, 1.807) is 0 Å². The molecule has 2 nitrogen and oxygen atoms in total. The van der Waals surface area contributed by atoms with Crippen molar-refractivity contribution in [1.29, 1.82) is 0 Å². The molecule has 0 aromatic rings. The Morgan fingerprint density at radius 2 is 1.56 bits per heavy atom. The summed E-state index contributed by atoms with van der Waals surface area (Å²) in [5.41, 5.74) is 0. The van der Waals surface area contributed by atoms with Crippen molar-refractivity contribution in [1.82, 2.24) is 4.90 Å². The van der Waals surface area contributed by atoms with Crippen LogP contribution in [0.25, 0.3) is 5.32 Å². The number of rotatable bonds is 5. The molecule has 0 heterocycles. The van der Waals surface area contributed by atoms with Crippen molar-refractivity contribution in [3.63, 3.8) is 0 Å². The van der Waals surface area contributed by atoms with Crippen LogP contribution in [0, 0.1) is 19.3 Å². The molecule has 3 heteroatoms. The first-order chi connectivity index (χ1) is 6.72. The second-order valence-electron chi connectivity index (χ2n) is 4.98. The Bertz CT molecular complexity index is 143. The van der Waals surface area contributed by atoms with Gasteiger partial charge >= 0.3 is 21.1 Å². The first kappa shape index (κ1) is 19.0. The molecule has 0 saturated heterocycles. The Morgan fingerprint density at radius 3 is 2.00 bits per heavy atom. The SMILES string of the molecule is C[N-]CCC1CCC(CN(C)C)CC1.[CH3-].[W+2]. The smallest absolute Gasteiger partial charge is 0.665 e. The summed E-state index contributed by atoms with van der Waals surface area (Å²) in [4.78, 5) is 2.33. The van der Waals surface area contributed by atoms with Crippen LogP contribution >= 0.6 is 0 Å². The van der Waals surface area contributed by atoms with Crippen molar-refractivity contribution in [2.45, 2.75) is 32.1 Å². The Labute approximate surface area is 117 Å². The largest absolute Gasteiger partial charge is 2.00 e. The van der Waals surface area contributed by atoms with Crippen molar-refractivity contribution in [2.75, 3.05) is 34.2 Å². The Hall–Kier alpha value is 0.608. The van der Waals surface area contributed by atoms with Gasteiger partial charge in [-0.05, 0) is 38.8 Å². The normalized spacial score (nSPS) is 24.8. The average molecular weight is 396 g/mol. The van der Waals surface area contributed by atoms with Gasteiger partial charge in [0.05, 0.1) is 0 Å². The van der Waals surface area contributed by atoms with Gasteiger partial charge < -0.3 is 17.6 Å². The second-order valence-corrected chi connectivity index (χ2v) is 4.98. The summed E-state index contributed by atoms with van der Waals surface area (Å²) < 4.78 is 0. The standard InChI is InChI=1S/C12H25N2.CH3.W/c1-13-9-8-11-4-6-12(7-5-11)10-14(2)3;;/h11-12H,4-10H2,1-3H3;1H3;/q2*-1;+2. The Balaban J connectivity index is 0. The van der Waals surface area contributed by atoms with Gasteiger partial charge in [-0.25, -0.2) is 0 Å². The molecule has 0 atom stereocenters. The molecule has 1 aliphatic carbocycles. The molecule has 1 fully saturated rings. The Kier molecular flexibility index (Phi) is 12.7. The minimum Gasteiger partial charge on any atom is -0.665 e. The van der Waals surface area contributed by atoms with E-state index >= 15 is 0 Å². The number of nitrogens with zero attached hydrogens (tertiary/aromatic N) is 2. The third kappa shape index (κ3) is 7.81. The molecule has 0 spiro atoms. The summed E-state index contributed by atoms with van der Waals surface area (Å²) in [5.74, 6) is 1.93. The first-order valence-corrected chi connectivity index (χ1v) is 5.92. The molecule has 0 N–H and O–H groups in total. The van der Waals surface area contributed by atoms with E-state index in [1.807, 2.05) is 7.05 Å². The van der Waals surface area contributed by atoms with Crippen molar-refractivity contribution in [3.05, 3.63) is 12.7 Å². The maximum Gasteiger partial charge on any atom is 2.00 e. The molecule has 0 bridgehead atoms. The predicted octanol–water partition coefficient (Wildman–Crippen LogP) is 3.20. The van der Waals surface area contributed by atoms with E-state index in [4.69, 9.17) is 0 Å². The molecule has 0 aromatic carbocycles. The summed E-state index contributed by atoms with van der Waals surface area (Å²) >= 11 is 0. The van der Waals surface area contributed by atoms with Crippen LogP contribution in [0.15, 0.2) is 0 Å². The van der Waals surface area contributed by atoms with E-state index in [1.165, 1.54) is 38.6 Å². The van der Waals surface area contributed by atoms with Crippen LogP contribution in [0.2, 0.25) is 0 Å². The molecular weight excluding hydrogens is 368 g/mol. The van der Waals surface area contributed by atoms with E-state index in [0.717, 1.165) is 18.4 Å². The molecule has 0 aliphatic heterocycles. The zero-order valence-corrected chi connectivity index (χ0v) is 14.3. The van der Waals surface area contributed by atoms with Crippen molar-refractivity contribution in [3.8, 4) is 0 Å². The molecule has 96 valence electrons. The maximum absolute atomic E-state index is 4.19. The van der Waals surface area contributed by atoms with E-state index in [2.05, 4.69) is 24.3 Å². The third-order valence-electron chi connectivity index (χ3n) is 3.35. The van der Waals surface area contributed by atoms with Crippen LogP contribution in [0.3, 0.4) is 0 Å². The summed E-state index contributed by atoms with van der Waals surface area (Å²) in [6, 6.07) is 0. The summed E-state index contributed by atoms with van der Waals surface area (Å²) in [6.45, 7) is 2.36. The van der Waals surface area contributed by atoms with E-state index < -0.39 is 0 Å². The minimum absolute atomic E-state index is 0. The van der Waals surface area contributed by atoms with Gasteiger partial charge in [-0.2, -0.15) is 7.05 Å². The van der Waals surface area contributed by atoms with E-state index in [-0.39, 0.29) is 28.5 Å². The monoisotopic (exact) mass is 396 g/mol. The molecule has 0 amide bonds. The molecule has 1 saturated carbocycles. The summed E-state index contributed by atoms with van der Waals surface area (Å²) in [7, 11) is 6.29. The van der Waals surface area contributed by atoms with Gasteiger partial charge in [-0.15, -0.1) is 6.54 Å². The number of hydrogen-bond donors (Lipinski definition) is 0. The zero-order chi connectivity index (χ0) is 10.4. The van der Waals surface area contributed by atoms with Gasteiger partial charge in [0.2, 0.25) is 0 Å². The number of hydrogen-bond acceptors (Lipinski definition) is 1. The van der Waals surface area contributed by atoms with Crippen LogP contribution in [0.4, 0.5) is 0 Å². The fourth-order valence-electron chi connectivity index (χ4n) is 2.53. The zero-order valence-electron chi connectivity index (χ0n) is 11.4. The van der Waals surface area contributed by atoms with Crippen LogP contribution in [0.1, 0.15) is 32.1 Å². The Morgan fingerprint density at radius 1 is 1.06 bits per heavy atom. The van der Waals surface area contributed by atoms with E-state index in [0.29, 0.717) is 0 Å². The molecule has 16 heavy (non-hydrogen) atoms. The van der Waals surface area contributed by atoms with Crippen molar-refractivity contribution >= 4 is 0 Å². The van der Waals surface area contributed by atoms with Crippen LogP contribution in [-0.2, 0) is 21.1 Å². The van der Waals surface area contributed by atoms with Gasteiger partial charge in [0, 0.05) is 6.54 Å². The minimum atomic E-state index is 0. The van der Waals surface area contributed by atoms with Crippen LogP contribution in [0.5, 0.6) is 0 Å². The summed E-state index contributed by atoms with van der Waals surface area (Å²) in [6.07, 6.45) is 7.08. The molecule has 0 aromatic heterocycles. The van der Waals surface area contributed by atoms with Crippen molar-refractivity contribution < 1.29 is 21.1 Å². The van der Waals surface area contributed by atoms with Gasteiger partial charge in [0.1, 0.15) is 0 Å². The molecule has 1 rings (SSSR count). The van der Waals surface area contributed by atoms with Crippen LogP contribution < -0.4 is 0 Å². The fourth-order valence-corrected chi connectivity index (χ4v) is 2.53. The topological polar surface area (TPSA) is 17.3 Å². The quantitative estimate of drug-likeness (QED) is 0.653. The third-order valence-corrected chi connectivity index (χ3v) is 3.35. The van der Waals surface area contributed by atoms with Crippen molar-refractivity contribution in [2.24, 2.45) is 11.8 Å². The predicted molar refractivity (Wildman–Crippen MR) is 69.2 cm³/mol. The first-order valence-electron chi connectivity index (χ1n) is 5.92. The molecule has 1 aliphatic rings. The van der Waals surface area contributed by atoms with E-state index in [9.17, 15) is 0 Å². The molecular formula is C13H28N2W.